The highest BCUT2D eigenvalue weighted by molar-refractivity contribution is 7.89. The molecule has 0 spiro atoms. The smallest absolute Gasteiger partial charge is 0.243 e. The molecule has 0 aliphatic carbocycles. The predicted molar refractivity (Wildman–Crippen MR) is 133 cm³/mol. The number of hydrogen-bond acceptors (Lipinski definition) is 6. The van der Waals surface area contributed by atoms with E-state index in [1.807, 2.05) is 60.4 Å². The Balaban J connectivity index is 1.15. The zero-order valence-corrected chi connectivity index (χ0v) is 20.5. The van der Waals surface area contributed by atoms with Gasteiger partial charge in [0, 0.05) is 26.2 Å². The van der Waals surface area contributed by atoms with E-state index in [1.165, 1.54) is 4.31 Å². The summed E-state index contributed by atoms with van der Waals surface area (Å²) in [6.45, 7) is 4.89. The Morgan fingerprint density at radius 2 is 1.63 bits per heavy atom. The number of sulfonamides is 1. The van der Waals surface area contributed by atoms with Gasteiger partial charge in [0.2, 0.25) is 15.9 Å². The maximum Gasteiger partial charge on any atom is 0.243 e. The summed E-state index contributed by atoms with van der Waals surface area (Å²) in [5, 5.41) is 4.93. The van der Waals surface area contributed by atoms with Gasteiger partial charge in [-0.05, 0) is 47.5 Å². The molecule has 0 saturated carbocycles. The Hall–Kier alpha value is -3.14. The number of hydrogen-bond donors (Lipinski definition) is 1. The molecule has 2 aliphatic heterocycles. The lowest BCUT2D eigenvalue weighted by Gasteiger charge is -2.33. The van der Waals surface area contributed by atoms with Crippen LogP contribution in [-0.4, -0.2) is 69.5 Å². The van der Waals surface area contributed by atoms with Gasteiger partial charge < -0.3 is 14.8 Å². The third-order valence-corrected chi connectivity index (χ3v) is 8.40. The van der Waals surface area contributed by atoms with Gasteiger partial charge in [-0.1, -0.05) is 36.4 Å². The number of carbonyl (C=O) groups is 1. The van der Waals surface area contributed by atoms with Gasteiger partial charge in [-0.15, -0.1) is 0 Å². The highest BCUT2D eigenvalue weighted by Gasteiger charge is 2.29. The number of ether oxygens (including phenoxy) is 2. The zero-order valence-electron chi connectivity index (χ0n) is 19.6. The van der Waals surface area contributed by atoms with Crippen molar-refractivity contribution >= 4 is 26.7 Å². The maximum absolute atomic E-state index is 13.2. The minimum absolute atomic E-state index is 0.0989. The Morgan fingerprint density at radius 1 is 0.914 bits per heavy atom. The van der Waals surface area contributed by atoms with E-state index in [2.05, 4.69) is 5.32 Å². The fraction of sp³-hybridized carbons (Fsp3) is 0.346. The average Bonchev–Trinajstić information content (AvgIpc) is 2.88. The molecule has 5 rings (SSSR count). The number of amides is 1. The molecule has 3 aromatic rings. The van der Waals surface area contributed by atoms with Crippen molar-refractivity contribution in [2.24, 2.45) is 0 Å². The van der Waals surface area contributed by atoms with Crippen molar-refractivity contribution in [1.82, 2.24) is 14.5 Å². The van der Waals surface area contributed by atoms with Crippen LogP contribution >= 0.6 is 0 Å². The van der Waals surface area contributed by atoms with Gasteiger partial charge in [0.05, 0.1) is 17.5 Å². The Kier molecular flexibility index (Phi) is 6.64. The Bertz CT molecular complexity index is 1340. The molecule has 8 nitrogen and oxygen atoms in total. The molecule has 35 heavy (non-hydrogen) atoms. The van der Waals surface area contributed by atoms with Gasteiger partial charge in [0.1, 0.15) is 13.2 Å². The van der Waals surface area contributed by atoms with Crippen LogP contribution in [-0.2, 0) is 14.8 Å². The first-order chi connectivity index (χ1) is 16.9. The summed E-state index contributed by atoms with van der Waals surface area (Å²) >= 11 is 0. The number of carbonyl (C=O) groups excluding carboxylic acids is 1. The monoisotopic (exact) mass is 495 g/mol. The normalized spacial score (nSPS) is 17.7. The Morgan fingerprint density at radius 3 is 2.40 bits per heavy atom. The first-order valence-corrected chi connectivity index (χ1v) is 13.2. The van der Waals surface area contributed by atoms with E-state index in [1.54, 1.807) is 12.1 Å². The summed E-state index contributed by atoms with van der Waals surface area (Å²) in [4.78, 5) is 15.0. The van der Waals surface area contributed by atoms with Crippen LogP contribution in [0.3, 0.4) is 0 Å². The quantitative estimate of drug-likeness (QED) is 0.566. The van der Waals surface area contributed by atoms with Crippen LogP contribution in [0.4, 0.5) is 0 Å². The van der Waals surface area contributed by atoms with E-state index in [9.17, 15) is 13.2 Å². The molecule has 2 heterocycles. The predicted octanol–water partition coefficient (Wildman–Crippen LogP) is 2.79. The molecule has 1 amide bonds. The van der Waals surface area contributed by atoms with Crippen molar-refractivity contribution in [2.75, 3.05) is 45.9 Å². The summed E-state index contributed by atoms with van der Waals surface area (Å²) < 4.78 is 39.0. The van der Waals surface area contributed by atoms with Gasteiger partial charge in [-0.2, -0.15) is 4.31 Å². The van der Waals surface area contributed by atoms with Crippen molar-refractivity contribution in [1.29, 1.82) is 0 Å². The summed E-state index contributed by atoms with van der Waals surface area (Å²) in [6.07, 6.45) is 0. The highest BCUT2D eigenvalue weighted by atomic mass is 32.2. The molecule has 184 valence electrons. The van der Waals surface area contributed by atoms with Gasteiger partial charge in [-0.3, -0.25) is 9.69 Å². The van der Waals surface area contributed by atoms with Crippen LogP contribution in [0, 0.1) is 0 Å². The van der Waals surface area contributed by atoms with Gasteiger partial charge in [-0.25, -0.2) is 8.42 Å². The van der Waals surface area contributed by atoms with Crippen molar-refractivity contribution < 1.29 is 22.7 Å². The SMILES string of the molecule is C[C@@H](NC(=O)CN1CCN(S(=O)(=O)c2ccc3ccccc3c2)CC1)c1ccc2c(c1)OCCO2. The van der Waals surface area contributed by atoms with Crippen LogP contribution in [0.5, 0.6) is 11.5 Å². The third kappa shape index (κ3) is 5.12. The molecule has 0 radical (unpaired) electrons. The summed E-state index contributed by atoms with van der Waals surface area (Å²) in [7, 11) is -3.58. The lowest BCUT2D eigenvalue weighted by molar-refractivity contribution is -0.123. The number of nitrogens with zero attached hydrogens (tertiary/aromatic N) is 2. The highest BCUT2D eigenvalue weighted by Crippen LogP contribution is 2.32. The number of fused-ring (bicyclic) bond motifs is 2. The van der Waals surface area contributed by atoms with Crippen LogP contribution in [0.15, 0.2) is 65.6 Å². The van der Waals surface area contributed by atoms with Crippen LogP contribution in [0.1, 0.15) is 18.5 Å². The second kappa shape index (κ2) is 9.85. The molecule has 2 aliphatic rings. The molecule has 1 saturated heterocycles. The van der Waals surface area contributed by atoms with E-state index < -0.39 is 10.0 Å². The van der Waals surface area contributed by atoms with E-state index >= 15 is 0 Å². The molecule has 0 aromatic heterocycles. The number of piperazine rings is 1. The second-order valence-electron chi connectivity index (χ2n) is 8.88. The maximum atomic E-state index is 13.2. The van der Waals surface area contributed by atoms with E-state index in [0.29, 0.717) is 50.0 Å². The lowest BCUT2D eigenvalue weighted by Crippen LogP contribution is -2.51. The average molecular weight is 496 g/mol. The van der Waals surface area contributed by atoms with Gasteiger partial charge in [0.25, 0.3) is 0 Å². The van der Waals surface area contributed by atoms with E-state index in [4.69, 9.17) is 9.47 Å². The van der Waals surface area contributed by atoms with Crippen molar-refractivity contribution in [3.8, 4) is 11.5 Å². The molecule has 0 unspecified atom stereocenters. The first kappa shape index (κ1) is 23.6. The molecule has 1 fully saturated rings. The van der Waals surface area contributed by atoms with Crippen LogP contribution in [0.2, 0.25) is 0 Å². The summed E-state index contributed by atoms with van der Waals surface area (Å²) in [6, 6.07) is 18.4. The third-order valence-electron chi connectivity index (χ3n) is 6.50. The molecule has 0 bridgehead atoms. The van der Waals surface area contributed by atoms with E-state index in [-0.39, 0.29) is 18.5 Å². The molecule has 1 atom stereocenters. The lowest BCUT2D eigenvalue weighted by atomic mass is 10.1. The largest absolute Gasteiger partial charge is 0.486 e. The summed E-state index contributed by atoms with van der Waals surface area (Å²) in [5.41, 5.74) is 0.939. The van der Waals surface area contributed by atoms with Crippen LogP contribution < -0.4 is 14.8 Å². The molecule has 3 aromatic carbocycles. The van der Waals surface area contributed by atoms with Crippen LogP contribution in [0.25, 0.3) is 10.8 Å². The van der Waals surface area contributed by atoms with Crippen molar-refractivity contribution in [3.05, 3.63) is 66.2 Å². The first-order valence-electron chi connectivity index (χ1n) is 11.8. The number of benzene rings is 3. The molecule has 9 heteroatoms. The zero-order chi connectivity index (χ0) is 24.4. The summed E-state index contributed by atoms with van der Waals surface area (Å²) in [5.74, 6) is 1.31. The fourth-order valence-electron chi connectivity index (χ4n) is 4.51. The Labute approximate surface area is 205 Å². The van der Waals surface area contributed by atoms with Crippen molar-refractivity contribution in [2.45, 2.75) is 17.9 Å². The van der Waals surface area contributed by atoms with E-state index in [0.717, 1.165) is 22.1 Å². The minimum Gasteiger partial charge on any atom is -0.486 e. The minimum atomic E-state index is -3.58. The molecular weight excluding hydrogens is 466 g/mol. The fourth-order valence-corrected chi connectivity index (χ4v) is 5.97. The number of rotatable bonds is 6. The molecule has 1 N–H and O–H groups in total. The number of nitrogens with one attached hydrogen (secondary N) is 1. The van der Waals surface area contributed by atoms with Gasteiger partial charge >= 0.3 is 0 Å². The topological polar surface area (TPSA) is 88.2 Å². The van der Waals surface area contributed by atoms with Crippen molar-refractivity contribution in [3.63, 3.8) is 0 Å². The van der Waals surface area contributed by atoms with Gasteiger partial charge in [0.15, 0.2) is 11.5 Å². The molecular formula is C26H29N3O5S. The second-order valence-corrected chi connectivity index (χ2v) is 10.8. The standard InChI is InChI=1S/C26H29N3O5S/c1-19(21-7-9-24-25(17-21)34-15-14-33-24)27-26(30)18-28-10-12-29(13-11-28)35(31,32)23-8-6-20-4-2-3-5-22(20)16-23/h2-9,16-17,19H,10-15,18H2,1H3,(H,27,30)/t19-/m1/s1.